The van der Waals surface area contributed by atoms with Gasteiger partial charge in [0.1, 0.15) is 4.90 Å². The highest BCUT2D eigenvalue weighted by atomic mass is 35.5. The fourth-order valence-electron chi connectivity index (χ4n) is 3.74. The molecule has 0 amide bonds. The third-order valence-electron chi connectivity index (χ3n) is 6.28. The topological polar surface area (TPSA) is 133 Å². The van der Waals surface area contributed by atoms with Crippen LogP contribution in [0.1, 0.15) is 39.5 Å². The molecule has 1 heterocycles. The predicted octanol–water partition coefficient (Wildman–Crippen LogP) is 2.62. The molecule has 1 aromatic heterocycles. The van der Waals surface area contributed by atoms with Gasteiger partial charge in [0.05, 0.1) is 12.1 Å². The van der Waals surface area contributed by atoms with Gasteiger partial charge in [-0.1, -0.05) is 18.5 Å². The van der Waals surface area contributed by atoms with Gasteiger partial charge in [0.25, 0.3) is 10.0 Å². The Kier molecular flexibility index (Phi) is 11.8. The van der Waals surface area contributed by atoms with Crippen molar-refractivity contribution in [2.45, 2.75) is 62.6 Å². The Bertz CT molecular complexity index is 1100. The van der Waals surface area contributed by atoms with Gasteiger partial charge in [-0.15, -0.1) is 0 Å². The van der Waals surface area contributed by atoms with Crippen molar-refractivity contribution in [3.05, 3.63) is 35.9 Å². The van der Waals surface area contributed by atoms with E-state index in [0.29, 0.717) is 18.0 Å². The Morgan fingerprint density at radius 3 is 2.54 bits per heavy atom. The molecule has 37 heavy (non-hydrogen) atoms. The molecule has 2 rings (SSSR count). The number of guanidine groups is 2. The molecule has 0 spiro atoms. The average Bonchev–Trinajstić information content (AvgIpc) is 2.86. The molecule has 1 aliphatic rings. The average molecular weight is 555 g/mol. The quantitative estimate of drug-likeness (QED) is 0.243. The van der Waals surface area contributed by atoms with Gasteiger partial charge in [-0.3, -0.25) is 9.98 Å². The van der Waals surface area contributed by atoms with Gasteiger partial charge >= 0.3 is 0 Å². The lowest BCUT2D eigenvalue weighted by Crippen LogP contribution is -2.47. The summed E-state index contributed by atoms with van der Waals surface area (Å²) in [5.74, 6) is 0.403. The molecule has 206 valence electrons. The lowest BCUT2D eigenvalue weighted by Gasteiger charge is -2.33. The molecule has 0 aliphatic heterocycles. The van der Waals surface area contributed by atoms with Crippen LogP contribution in [0, 0.1) is 5.92 Å². The smallest absolute Gasteiger partial charge is 0.267 e. The second-order valence-electron chi connectivity index (χ2n) is 9.20. The van der Waals surface area contributed by atoms with Crippen LogP contribution in [0.2, 0.25) is 5.02 Å². The summed E-state index contributed by atoms with van der Waals surface area (Å²) in [6, 6.07) is 2.08. The van der Waals surface area contributed by atoms with E-state index in [1.807, 2.05) is 13.8 Å². The molecule has 13 heteroatoms. The molecule has 0 saturated heterocycles. The van der Waals surface area contributed by atoms with E-state index in [1.54, 1.807) is 13.3 Å². The number of hydrogen-bond donors (Lipinski definition) is 3. The van der Waals surface area contributed by atoms with E-state index < -0.39 is 10.0 Å². The zero-order valence-corrected chi connectivity index (χ0v) is 24.0. The molecule has 1 aliphatic carbocycles. The van der Waals surface area contributed by atoms with E-state index in [9.17, 15) is 8.42 Å². The number of pyridine rings is 1. The number of nitrogens with zero attached hydrogens (tertiary/aromatic N) is 5. The summed E-state index contributed by atoms with van der Waals surface area (Å²) in [5.41, 5.74) is 0. The van der Waals surface area contributed by atoms with Crippen LogP contribution in [0.3, 0.4) is 0 Å². The van der Waals surface area contributed by atoms with Crippen LogP contribution in [0.4, 0.5) is 0 Å². The summed E-state index contributed by atoms with van der Waals surface area (Å²) in [6.07, 6.45) is 8.74. The normalized spacial score (nSPS) is 21.0. The van der Waals surface area contributed by atoms with Crippen molar-refractivity contribution in [3.63, 3.8) is 0 Å². The Morgan fingerprint density at radius 1 is 1.30 bits per heavy atom. The number of rotatable bonds is 9. The zero-order chi connectivity index (χ0) is 27.6. The van der Waals surface area contributed by atoms with E-state index in [1.165, 1.54) is 19.4 Å². The van der Waals surface area contributed by atoms with E-state index in [2.05, 4.69) is 60.9 Å². The summed E-state index contributed by atoms with van der Waals surface area (Å²) < 4.78 is 33.2. The monoisotopic (exact) mass is 554 g/mol. The van der Waals surface area contributed by atoms with Gasteiger partial charge in [0, 0.05) is 49.7 Å². The van der Waals surface area contributed by atoms with Crippen LogP contribution in [-0.4, -0.2) is 82.8 Å². The minimum Gasteiger partial charge on any atom is -0.481 e. The standard InChI is InChI=1S/C24H39ClN8O3S/c1-16(14-28-23(26-4)31-19-8-10-20(11-9-19)33(5)6)17(2)29-24(30-18(3)36-7)32-37(34,35)22-15-27-13-12-21(22)25/h12-17,19-20H,3,8-11H2,1-2,4-7H3,(H,26,31)(H2,29,30,32)/b28-14-/t16-,17?,19?,20?/m0/s1. The van der Waals surface area contributed by atoms with Crippen LogP contribution < -0.4 is 15.4 Å². The molecule has 1 unspecified atom stereocenters. The number of aromatic nitrogens is 1. The number of nitrogens with one attached hydrogen (secondary N) is 3. The summed E-state index contributed by atoms with van der Waals surface area (Å²) in [4.78, 5) is 18.9. The van der Waals surface area contributed by atoms with E-state index in [-0.39, 0.29) is 33.7 Å². The first-order chi connectivity index (χ1) is 17.5. The fraction of sp³-hybridized carbons (Fsp3) is 0.583. The summed E-state index contributed by atoms with van der Waals surface area (Å²) >= 11 is 6.06. The molecule has 0 bridgehead atoms. The van der Waals surface area contributed by atoms with Gasteiger partial charge in [-0.05, 0) is 59.3 Å². The first-order valence-electron chi connectivity index (χ1n) is 12.1. The Hall–Kier alpha value is -2.70. The largest absolute Gasteiger partial charge is 0.481 e. The van der Waals surface area contributed by atoms with E-state index in [0.717, 1.165) is 31.9 Å². The van der Waals surface area contributed by atoms with Crippen LogP contribution >= 0.6 is 11.6 Å². The van der Waals surface area contributed by atoms with Crippen molar-refractivity contribution >= 4 is 39.8 Å². The highest BCUT2D eigenvalue weighted by molar-refractivity contribution is 7.90. The first-order valence-corrected chi connectivity index (χ1v) is 14.0. The summed E-state index contributed by atoms with van der Waals surface area (Å²) in [7, 11) is 3.27. The van der Waals surface area contributed by atoms with Gasteiger partial charge in [0.2, 0.25) is 17.8 Å². The highest BCUT2D eigenvalue weighted by Crippen LogP contribution is 2.22. The second-order valence-corrected chi connectivity index (χ2v) is 11.3. The summed E-state index contributed by atoms with van der Waals surface area (Å²) in [6.45, 7) is 7.48. The third kappa shape index (κ3) is 9.60. The summed E-state index contributed by atoms with van der Waals surface area (Å²) in [5, 5.41) is 6.54. The van der Waals surface area contributed by atoms with E-state index >= 15 is 0 Å². The third-order valence-corrected chi connectivity index (χ3v) is 8.09. The molecule has 0 aromatic carbocycles. The van der Waals surface area contributed by atoms with Gasteiger partial charge < -0.3 is 20.3 Å². The fourth-order valence-corrected chi connectivity index (χ4v) is 5.14. The Morgan fingerprint density at radius 2 is 1.97 bits per heavy atom. The maximum atomic E-state index is 12.9. The van der Waals surface area contributed by atoms with Crippen LogP contribution in [-0.2, 0) is 14.8 Å². The number of methoxy groups -OCH3 is 1. The van der Waals surface area contributed by atoms with E-state index in [4.69, 9.17) is 16.3 Å². The van der Waals surface area contributed by atoms with Gasteiger partial charge in [-0.2, -0.15) is 4.99 Å². The molecule has 2 atom stereocenters. The minimum atomic E-state index is -4.07. The highest BCUT2D eigenvalue weighted by Gasteiger charge is 2.24. The molecule has 1 saturated carbocycles. The maximum absolute atomic E-state index is 12.9. The lowest BCUT2D eigenvalue weighted by atomic mass is 9.90. The Balaban J connectivity index is 2.05. The van der Waals surface area contributed by atoms with Crippen molar-refractivity contribution in [2.24, 2.45) is 20.9 Å². The molecule has 1 fully saturated rings. The molecular weight excluding hydrogens is 516 g/mol. The second kappa shape index (κ2) is 14.3. The maximum Gasteiger partial charge on any atom is 0.267 e. The SMILES string of the molecule is C=C(/N=C(\NC(C)[C@@H](C)/C=N\C(=N/C)NC1CCC(N(C)C)CC1)NS(=O)(=O)c1cnccc1Cl)OC. The van der Waals surface area contributed by atoms with Crippen LogP contribution in [0.25, 0.3) is 0 Å². The van der Waals surface area contributed by atoms with Crippen molar-refractivity contribution in [1.82, 2.24) is 25.2 Å². The number of hydrogen-bond acceptors (Lipinski definition) is 7. The van der Waals surface area contributed by atoms with Gasteiger partial charge in [-0.25, -0.2) is 18.1 Å². The van der Waals surface area contributed by atoms with Crippen LogP contribution in [0.5, 0.6) is 0 Å². The van der Waals surface area contributed by atoms with Crippen molar-refractivity contribution < 1.29 is 13.2 Å². The number of sulfonamides is 1. The molecule has 11 nitrogen and oxygen atoms in total. The Labute approximate surface area is 225 Å². The lowest BCUT2D eigenvalue weighted by molar-refractivity contribution is 0.211. The number of halogens is 1. The number of ether oxygens (including phenoxy) is 1. The molecular formula is C24H39ClN8O3S. The first kappa shape index (κ1) is 30.5. The molecule has 0 radical (unpaired) electrons. The van der Waals surface area contributed by atoms with Crippen LogP contribution in [0.15, 0.2) is 50.8 Å². The van der Waals surface area contributed by atoms with Gasteiger partial charge in [0.15, 0.2) is 0 Å². The predicted molar refractivity (Wildman–Crippen MR) is 150 cm³/mol. The van der Waals surface area contributed by atoms with Crippen molar-refractivity contribution in [1.29, 1.82) is 0 Å². The zero-order valence-electron chi connectivity index (χ0n) is 22.4. The van der Waals surface area contributed by atoms with Crippen molar-refractivity contribution in [3.8, 4) is 0 Å². The number of aliphatic imine (C=N–C) groups is 3. The molecule has 1 aromatic rings. The minimum absolute atomic E-state index is 0.0181. The molecule has 3 N–H and O–H groups in total. The van der Waals surface area contributed by atoms with Crippen molar-refractivity contribution in [2.75, 3.05) is 28.3 Å².